The van der Waals surface area contributed by atoms with Gasteiger partial charge in [0.1, 0.15) is 17.5 Å². The molecule has 0 bridgehead atoms. The first kappa shape index (κ1) is 20.8. The molecule has 1 atom stereocenters. The van der Waals surface area contributed by atoms with E-state index < -0.39 is 0 Å². The van der Waals surface area contributed by atoms with E-state index in [4.69, 9.17) is 9.97 Å². The van der Waals surface area contributed by atoms with Crippen LogP contribution in [0.4, 0.5) is 10.2 Å². The van der Waals surface area contributed by atoms with Crippen molar-refractivity contribution in [2.75, 3.05) is 11.4 Å². The molecule has 2 aliphatic heterocycles. The molecule has 7 nitrogen and oxygen atoms in total. The second kappa shape index (κ2) is 8.43. The zero-order valence-corrected chi connectivity index (χ0v) is 18.5. The maximum absolute atomic E-state index is 13.7. The predicted molar refractivity (Wildman–Crippen MR) is 118 cm³/mol. The number of likely N-dealkylation sites (tertiary alicyclic amines) is 1. The van der Waals surface area contributed by atoms with Gasteiger partial charge in [-0.15, -0.1) is 0 Å². The number of benzene rings is 1. The van der Waals surface area contributed by atoms with Crippen LogP contribution in [0.5, 0.6) is 0 Å². The van der Waals surface area contributed by atoms with Gasteiger partial charge in [0.15, 0.2) is 0 Å². The van der Waals surface area contributed by atoms with Crippen LogP contribution in [0, 0.1) is 12.7 Å². The fraction of sp³-hybridized carbons (Fsp3) is 0.417. The summed E-state index contributed by atoms with van der Waals surface area (Å²) in [7, 11) is 1.92. The molecule has 1 aromatic carbocycles. The Morgan fingerprint density at radius 3 is 2.81 bits per heavy atom. The van der Waals surface area contributed by atoms with Gasteiger partial charge in [0.2, 0.25) is 5.91 Å². The molecule has 0 N–H and O–H groups in total. The molecule has 2 aromatic heterocycles. The van der Waals surface area contributed by atoms with Crippen molar-refractivity contribution in [1.29, 1.82) is 0 Å². The van der Waals surface area contributed by atoms with Crippen LogP contribution in [0.3, 0.4) is 0 Å². The van der Waals surface area contributed by atoms with Crippen LogP contribution >= 0.6 is 0 Å². The van der Waals surface area contributed by atoms with Gasteiger partial charge in [0.25, 0.3) is 0 Å². The van der Waals surface area contributed by atoms with Crippen LogP contribution < -0.4 is 4.90 Å². The fourth-order valence-electron chi connectivity index (χ4n) is 4.83. The normalized spacial score (nSPS) is 18.9. The molecule has 5 rings (SSSR count). The highest BCUT2D eigenvalue weighted by Crippen LogP contribution is 2.35. The molecule has 1 saturated heterocycles. The number of halogens is 1. The van der Waals surface area contributed by atoms with Gasteiger partial charge >= 0.3 is 0 Å². The lowest BCUT2D eigenvalue weighted by Gasteiger charge is -2.31. The van der Waals surface area contributed by atoms with Crippen molar-refractivity contribution in [3.8, 4) is 0 Å². The summed E-state index contributed by atoms with van der Waals surface area (Å²) in [6.45, 7) is 4.08. The van der Waals surface area contributed by atoms with Crippen molar-refractivity contribution in [3.63, 3.8) is 0 Å². The van der Waals surface area contributed by atoms with E-state index in [-0.39, 0.29) is 17.8 Å². The smallest absolute Gasteiger partial charge is 0.228 e. The van der Waals surface area contributed by atoms with Crippen LogP contribution in [0.15, 0.2) is 36.7 Å². The standard InChI is InChI=1S/C24H27FN6O/c1-16-20-8-9-22(32)31(15-17-5-3-6-19(25)11-17)24(20)28-23(27-16)21-7-4-10-30(21)14-18-12-26-29(2)13-18/h3,5-6,11-13,21H,4,7-10,14-15H2,1-2H3/t21-/m0/s1. The summed E-state index contributed by atoms with van der Waals surface area (Å²) in [6.07, 6.45) is 7.06. The first-order valence-electron chi connectivity index (χ1n) is 11.1. The molecule has 32 heavy (non-hydrogen) atoms. The molecular weight excluding hydrogens is 407 g/mol. The Hall–Kier alpha value is -3.13. The van der Waals surface area contributed by atoms with Gasteiger partial charge in [-0.25, -0.2) is 14.4 Å². The fourth-order valence-corrected chi connectivity index (χ4v) is 4.83. The monoisotopic (exact) mass is 434 g/mol. The van der Waals surface area contributed by atoms with Gasteiger partial charge in [-0.05, 0) is 50.4 Å². The lowest BCUT2D eigenvalue weighted by atomic mass is 10.0. The summed E-state index contributed by atoms with van der Waals surface area (Å²) in [5.41, 5.74) is 3.86. The van der Waals surface area contributed by atoms with Crippen molar-refractivity contribution in [1.82, 2.24) is 24.6 Å². The van der Waals surface area contributed by atoms with E-state index in [1.54, 1.807) is 11.0 Å². The lowest BCUT2D eigenvalue weighted by Crippen LogP contribution is -2.37. The van der Waals surface area contributed by atoms with Gasteiger partial charge in [-0.1, -0.05) is 12.1 Å². The van der Waals surface area contributed by atoms with E-state index in [1.807, 2.05) is 37.1 Å². The SMILES string of the molecule is Cc1nc([C@@H]2CCCN2Cc2cnn(C)c2)nc2c1CCC(=O)N2Cc1cccc(F)c1. The number of rotatable bonds is 5. The van der Waals surface area contributed by atoms with E-state index >= 15 is 0 Å². The van der Waals surface area contributed by atoms with Crippen LogP contribution in [0.25, 0.3) is 0 Å². The van der Waals surface area contributed by atoms with Gasteiger partial charge in [-0.3, -0.25) is 19.3 Å². The number of hydrogen-bond donors (Lipinski definition) is 0. The number of hydrogen-bond acceptors (Lipinski definition) is 5. The minimum Gasteiger partial charge on any atom is -0.292 e. The van der Waals surface area contributed by atoms with Crippen LogP contribution in [0.1, 0.15) is 53.5 Å². The molecule has 4 heterocycles. The molecule has 1 amide bonds. The first-order chi connectivity index (χ1) is 15.5. The van der Waals surface area contributed by atoms with Crippen molar-refractivity contribution in [3.05, 3.63) is 70.7 Å². The number of aryl methyl sites for hydroxylation is 2. The third-order valence-electron chi connectivity index (χ3n) is 6.39. The summed E-state index contributed by atoms with van der Waals surface area (Å²) < 4.78 is 15.5. The average molecular weight is 435 g/mol. The van der Waals surface area contributed by atoms with Crippen LogP contribution in [-0.2, 0) is 31.4 Å². The molecular formula is C24H27FN6O. The molecule has 3 aromatic rings. The van der Waals surface area contributed by atoms with E-state index in [0.717, 1.165) is 54.1 Å². The number of fused-ring (bicyclic) bond motifs is 1. The Labute approximate surface area is 186 Å². The Kier molecular flexibility index (Phi) is 5.46. The maximum Gasteiger partial charge on any atom is 0.228 e. The van der Waals surface area contributed by atoms with E-state index in [0.29, 0.717) is 25.2 Å². The van der Waals surface area contributed by atoms with Gasteiger partial charge in [0.05, 0.1) is 18.8 Å². The summed E-state index contributed by atoms with van der Waals surface area (Å²) in [4.78, 5) is 26.8. The molecule has 0 unspecified atom stereocenters. The average Bonchev–Trinajstić information content (AvgIpc) is 3.39. The number of amides is 1. The highest BCUT2D eigenvalue weighted by atomic mass is 19.1. The van der Waals surface area contributed by atoms with E-state index in [9.17, 15) is 9.18 Å². The van der Waals surface area contributed by atoms with Crippen LogP contribution in [-0.4, -0.2) is 37.1 Å². The second-order valence-electron chi connectivity index (χ2n) is 8.73. The molecule has 8 heteroatoms. The molecule has 0 spiro atoms. The summed E-state index contributed by atoms with van der Waals surface area (Å²) >= 11 is 0. The summed E-state index contributed by atoms with van der Waals surface area (Å²) in [5, 5.41) is 4.28. The largest absolute Gasteiger partial charge is 0.292 e. The quantitative estimate of drug-likeness (QED) is 0.615. The lowest BCUT2D eigenvalue weighted by molar-refractivity contribution is -0.119. The minimum absolute atomic E-state index is 0.0180. The molecule has 0 saturated carbocycles. The van der Waals surface area contributed by atoms with Gasteiger partial charge < -0.3 is 0 Å². The van der Waals surface area contributed by atoms with E-state index in [1.165, 1.54) is 12.1 Å². The zero-order chi connectivity index (χ0) is 22.2. The number of anilines is 1. The number of carbonyl (C=O) groups is 1. The van der Waals surface area contributed by atoms with Crippen LogP contribution in [0.2, 0.25) is 0 Å². The number of aromatic nitrogens is 4. The third-order valence-corrected chi connectivity index (χ3v) is 6.39. The third kappa shape index (κ3) is 4.02. The number of carbonyl (C=O) groups excluding carboxylic acids is 1. The maximum atomic E-state index is 13.7. The topological polar surface area (TPSA) is 67.2 Å². The van der Waals surface area contributed by atoms with Crippen molar-refractivity contribution in [2.45, 2.75) is 51.7 Å². The molecule has 2 aliphatic rings. The van der Waals surface area contributed by atoms with Gasteiger partial charge in [0, 0.05) is 43.0 Å². The van der Waals surface area contributed by atoms with Crippen molar-refractivity contribution >= 4 is 11.7 Å². The Balaban J connectivity index is 1.47. The molecule has 166 valence electrons. The van der Waals surface area contributed by atoms with Crippen molar-refractivity contribution < 1.29 is 9.18 Å². The number of nitrogens with zero attached hydrogens (tertiary/aromatic N) is 6. The minimum atomic E-state index is -0.302. The van der Waals surface area contributed by atoms with E-state index in [2.05, 4.69) is 10.00 Å². The highest BCUT2D eigenvalue weighted by Gasteiger charge is 2.33. The first-order valence-corrected chi connectivity index (χ1v) is 11.1. The van der Waals surface area contributed by atoms with Crippen molar-refractivity contribution in [2.24, 2.45) is 7.05 Å². The predicted octanol–water partition coefficient (Wildman–Crippen LogP) is 3.47. The zero-order valence-electron chi connectivity index (χ0n) is 18.5. The molecule has 0 radical (unpaired) electrons. The summed E-state index contributed by atoms with van der Waals surface area (Å²) in [5.74, 6) is 1.16. The second-order valence-corrected chi connectivity index (χ2v) is 8.73. The Bertz CT molecular complexity index is 1160. The van der Waals surface area contributed by atoms with Gasteiger partial charge in [-0.2, -0.15) is 5.10 Å². The summed E-state index contributed by atoms with van der Waals surface area (Å²) in [6, 6.07) is 6.50. The Morgan fingerprint density at radius 1 is 1.16 bits per heavy atom. The Morgan fingerprint density at radius 2 is 2.03 bits per heavy atom. The molecule has 0 aliphatic carbocycles. The highest BCUT2D eigenvalue weighted by molar-refractivity contribution is 5.95. The molecule has 1 fully saturated rings.